The molecule has 1 atom stereocenters. The number of hydrogen-bond acceptors (Lipinski definition) is 7. The molecule has 1 N–H and O–H groups in total. The van der Waals surface area contributed by atoms with Crippen molar-refractivity contribution in [3.05, 3.63) is 154 Å². The number of sulfonamides is 1. The van der Waals surface area contributed by atoms with Crippen molar-refractivity contribution in [3.63, 3.8) is 0 Å². The Morgan fingerprint density at radius 3 is 2.22 bits per heavy atom. The normalized spacial score (nSPS) is 14.5. The molecule has 0 unspecified atom stereocenters. The molecule has 0 bridgehead atoms. The van der Waals surface area contributed by atoms with Crippen LogP contribution in [-0.4, -0.2) is 26.4 Å². The maximum atomic E-state index is 14.6. The fourth-order valence-electron chi connectivity index (χ4n) is 5.58. The summed E-state index contributed by atoms with van der Waals surface area (Å²) < 4.78 is 34.8. The van der Waals surface area contributed by atoms with E-state index in [2.05, 4.69) is 4.72 Å². The van der Waals surface area contributed by atoms with Crippen LogP contribution in [0.3, 0.4) is 0 Å². The molecule has 0 radical (unpaired) electrons. The molecule has 0 fully saturated rings. The third kappa shape index (κ3) is 5.87. The van der Waals surface area contributed by atoms with Crippen LogP contribution < -0.4 is 19.3 Å². The van der Waals surface area contributed by atoms with Crippen LogP contribution in [0.1, 0.15) is 33.2 Å². The molecule has 6 rings (SSSR count). The van der Waals surface area contributed by atoms with Crippen molar-refractivity contribution < 1.29 is 22.9 Å². The van der Waals surface area contributed by atoms with Crippen LogP contribution in [-0.2, 0) is 16.6 Å². The van der Waals surface area contributed by atoms with Crippen molar-refractivity contribution >= 4 is 38.7 Å². The van der Waals surface area contributed by atoms with Crippen molar-refractivity contribution in [2.45, 2.75) is 24.5 Å². The Morgan fingerprint density at radius 2 is 1.54 bits per heavy atom. The van der Waals surface area contributed by atoms with E-state index in [1.54, 1.807) is 60.7 Å². The Labute approximate surface area is 266 Å². The van der Waals surface area contributed by atoms with Crippen LogP contribution in [0.15, 0.2) is 126 Å². The minimum Gasteiger partial charge on any atom is -0.497 e. The van der Waals surface area contributed by atoms with E-state index in [-0.39, 0.29) is 22.7 Å². The standard InChI is InChI=1S/C35H30N4O6S/c1-24-12-16-27(17-13-24)38-34(30-10-6-7-11-33(30)39(41)42)37(23-25-8-4-3-5-9-25)32-21-20-29(22-31(32)35(38)40)46(43,44)36-26-14-18-28(45-2)19-15-26/h3-22,34,36H,23H2,1-2H3/t34-/m1/s1. The molecule has 0 aromatic heterocycles. The van der Waals surface area contributed by atoms with Crippen molar-refractivity contribution in [2.24, 2.45) is 0 Å². The zero-order valence-corrected chi connectivity index (χ0v) is 25.8. The summed E-state index contributed by atoms with van der Waals surface area (Å²) in [7, 11) is -2.59. The molecule has 0 saturated carbocycles. The van der Waals surface area contributed by atoms with Gasteiger partial charge in [0, 0.05) is 24.0 Å². The third-order valence-electron chi connectivity index (χ3n) is 7.84. The quantitative estimate of drug-likeness (QED) is 0.136. The van der Waals surface area contributed by atoms with Gasteiger partial charge in [-0.3, -0.25) is 24.5 Å². The molecular formula is C35H30N4O6S. The van der Waals surface area contributed by atoms with E-state index >= 15 is 0 Å². The highest BCUT2D eigenvalue weighted by Crippen LogP contribution is 2.45. The van der Waals surface area contributed by atoms with E-state index in [0.717, 1.165) is 11.1 Å². The smallest absolute Gasteiger partial charge is 0.276 e. The van der Waals surface area contributed by atoms with Gasteiger partial charge in [-0.05, 0) is 73.2 Å². The molecule has 46 heavy (non-hydrogen) atoms. The number of nitro groups is 1. The summed E-state index contributed by atoms with van der Waals surface area (Å²) in [6.45, 7) is 2.20. The summed E-state index contributed by atoms with van der Waals surface area (Å²) in [5, 5.41) is 12.3. The highest BCUT2D eigenvalue weighted by atomic mass is 32.2. The van der Waals surface area contributed by atoms with E-state index in [1.165, 1.54) is 30.2 Å². The Morgan fingerprint density at radius 1 is 0.870 bits per heavy atom. The van der Waals surface area contributed by atoms with E-state index in [4.69, 9.17) is 4.74 Å². The van der Waals surface area contributed by atoms with Gasteiger partial charge in [0.2, 0.25) is 0 Å². The van der Waals surface area contributed by atoms with Gasteiger partial charge in [0.05, 0.1) is 33.7 Å². The number of aryl methyl sites for hydroxylation is 1. The summed E-state index contributed by atoms with van der Waals surface area (Å²) in [5.41, 5.74) is 3.47. The first-order valence-electron chi connectivity index (χ1n) is 14.4. The number of carbonyl (C=O) groups is 1. The first kappa shape index (κ1) is 30.4. The largest absolute Gasteiger partial charge is 0.497 e. The minimum atomic E-state index is -4.11. The number of anilines is 3. The number of para-hydroxylation sites is 1. The zero-order chi connectivity index (χ0) is 32.4. The van der Waals surface area contributed by atoms with Crippen LogP contribution in [0.4, 0.5) is 22.7 Å². The molecule has 0 spiro atoms. The number of methoxy groups -OCH3 is 1. The third-order valence-corrected chi connectivity index (χ3v) is 9.22. The predicted octanol–water partition coefficient (Wildman–Crippen LogP) is 7.08. The second-order valence-corrected chi connectivity index (χ2v) is 12.5. The van der Waals surface area contributed by atoms with Crippen LogP contribution in [0.25, 0.3) is 0 Å². The van der Waals surface area contributed by atoms with E-state index < -0.39 is 27.0 Å². The topological polar surface area (TPSA) is 122 Å². The van der Waals surface area contributed by atoms with Gasteiger partial charge in [-0.25, -0.2) is 8.42 Å². The highest BCUT2D eigenvalue weighted by Gasteiger charge is 2.42. The second-order valence-electron chi connectivity index (χ2n) is 10.8. The van der Waals surface area contributed by atoms with Crippen molar-refractivity contribution in [2.75, 3.05) is 21.6 Å². The fourth-order valence-corrected chi connectivity index (χ4v) is 6.67. The summed E-state index contributed by atoms with van der Waals surface area (Å²) in [4.78, 5) is 29.7. The molecule has 0 aliphatic carbocycles. The van der Waals surface area contributed by atoms with Crippen molar-refractivity contribution in [3.8, 4) is 5.75 Å². The maximum Gasteiger partial charge on any atom is 0.276 e. The zero-order valence-electron chi connectivity index (χ0n) is 25.0. The van der Waals surface area contributed by atoms with Crippen LogP contribution in [0.5, 0.6) is 5.75 Å². The van der Waals surface area contributed by atoms with E-state index in [0.29, 0.717) is 28.4 Å². The molecule has 232 valence electrons. The molecular weight excluding hydrogens is 604 g/mol. The van der Waals surface area contributed by atoms with Crippen LogP contribution >= 0.6 is 0 Å². The van der Waals surface area contributed by atoms with Gasteiger partial charge in [0.15, 0.2) is 0 Å². The number of ether oxygens (including phenoxy) is 1. The lowest BCUT2D eigenvalue weighted by atomic mass is 9.98. The summed E-state index contributed by atoms with van der Waals surface area (Å²) >= 11 is 0. The van der Waals surface area contributed by atoms with Gasteiger partial charge in [-0.1, -0.05) is 60.2 Å². The van der Waals surface area contributed by atoms with Crippen molar-refractivity contribution in [1.29, 1.82) is 0 Å². The molecule has 1 heterocycles. The lowest BCUT2D eigenvalue weighted by Gasteiger charge is -2.45. The summed E-state index contributed by atoms with van der Waals surface area (Å²) in [5.74, 6) is 0.0815. The number of amides is 1. The number of nitrogens with one attached hydrogen (secondary N) is 1. The molecule has 1 aliphatic rings. The van der Waals surface area contributed by atoms with Gasteiger partial charge < -0.3 is 9.64 Å². The first-order chi connectivity index (χ1) is 22.2. The van der Waals surface area contributed by atoms with Crippen molar-refractivity contribution in [1.82, 2.24) is 0 Å². The van der Waals surface area contributed by atoms with Gasteiger partial charge in [0.25, 0.3) is 21.6 Å². The SMILES string of the molecule is COc1ccc(NS(=O)(=O)c2ccc3c(c2)C(=O)N(c2ccc(C)cc2)[C@H](c2ccccc2[N+](=O)[O-])N3Cc2ccccc2)cc1. The molecule has 10 nitrogen and oxygen atoms in total. The molecule has 1 aliphatic heterocycles. The van der Waals surface area contributed by atoms with Gasteiger partial charge in [-0.15, -0.1) is 0 Å². The van der Waals surface area contributed by atoms with Crippen LogP contribution in [0.2, 0.25) is 0 Å². The number of carbonyl (C=O) groups excluding carboxylic acids is 1. The number of hydrogen-bond donors (Lipinski definition) is 1. The lowest BCUT2D eigenvalue weighted by Crippen LogP contribution is -2.49. The number of fused-ring (bicyclic) bond motifs is 1. The van der Waals surface area contributed by atoms with E-state index in [1.807, 2.05) is 54.3 Å². The van der Waals surface area contributed by atoms with E-state index in [9.17, 15) is 23.3 Å². The molecule has 5 aromatic carbocycles. The van der Waals surface area contributed by atoms with Gasteiger partial charge in [0.1, 0.15) is 11.9 Å². The molecule has 1 amide bonds. The Balaban J connectivity index is 1.54. The fraction of sp³-hybridized carbons (Fsp3) is 0.114. The number of nitrogens with zero attached hydrogens (tertiary/aromatic N) is 3. The molecule has 5 aromatic rings. The Hall–Kier alpha value is -5.68. The lowest BCUT2D eigenvalue weighted by molar-refractivity contribution is -0.385. The number of benzene rings is 5. The van der Waals surface area contributed by atoms with Gasteiger partial charge in [-0.2, -0.15) is 0 Å². The number of rotatable bonds is 9. The second kappa shape index (κ2) is 12.4. The molecule has 11 heteroatoms. The Bertz CT molecular complexity index is 2020. The summed E-state index contributed by atoms with van der Waals surface area (Å²) in [6.07, 6.45) is -0.926. The first-order valence-corrected chi connectivity index (χ1v) is 15.9. The minimum absolute atomic E-state index is 0.108. The summed E-state index contributed by atoms with van der Waals surface area (Å²) in [6, 6.07) is 34.0. The maximum absolute atomic E-state index is 14.6. The predicted molar refractivity (Wildman–Crippen MR) is 177 cm³/mol. The monoisotopic (exact) mass is 634 g/mol. The average Bonchev–Trinajstić information content (AvgIpc) is 3.07. The highest BCUT2D eigenvalue weighted by molar-refractivity contribution is 7.92. The van der Waals surface area contributed by atoms with Crippen LogP contribution in [0, 0.1) is 17.0 Å². The molecule has 0 saturated heterocycles. The van der Waals surface area contributed by atoms with Gasteiger partial charge >= 0.3 is 0 Å². The Kier molecular flexibility index (Phi) is 8.16. The average molecular weight is 635 g/mol. The number of nitro benzene ring substituents is 1.